The molecule has 0 bridgehead atoms. The maximum absolute atomic E-state index is 13.9. The summed E-state index contributed by atoms with van der Waals surface area (Å²) < 4.78 is 37.7. The van der Waals surface area contributed by atoms with Gasteiger partial charge in [0.15, 0.2) is 5.69 Å². The molecule has 3 aromatic rings. The first-order chi connectivity index (χ1) is 12.7. The van der Waals surface area contributed by atoms with Crippen molar-refractivity contribution in [2.75, 3.05) is 5.32 Å². The minimum Gasteiger partial charge on any atom is -0.493 e. The zero-order valence-corrected chi connectivity index (χ0v) is 15.6. The average Bonchev–Trinajstić information content (AvgIpc) is 2.85. The summed E-state index contributed by atoms with van der Waals surface area (Å²) in [6.07, 6.45) is 0. The number of primary sulfonamides is 1. The molecule has 0 spiro atoms. The molecular weight excluding hydrogens is 393 g/mol. The molecule has 0 radical (unpaired) electrons. The van der Waals surface area contributed by atoms with Crippen LogP contribution in [-0.4, -0.2) is 23.2 Å². The van der Waals surface area contributed by atoms with Gasteiger partial charge in [0, 0.05) is 18.1 Å². The Labute approximate surface area is 159 Å². The number of azo groups is 1. The van der Waals surface area contributed by atoms with E-state index in [1.807, 2.05) is 0 Å². The Morgan fingerprint density at radius 3 is 2.56 bits per heavy atom. The van der Waals surface area contributed by atoms with Crippen LogP contribution in [0.1, 0.15) is 0 Å². The van der Waals surface area contributed by atoms with Gasteiger partial charge in [-0.25, -0.2) is 17.9 Å². The van der Waals surface area contributed by atoms with E-state index in [-0.39, 0.29) is 27.1 Å². The molecule has 8 nitrogen and oxygen atoms in total. The summed E-state index contributed by atoms with van der Waals surface area (Å²) in [6.45, 7) is 0. The maximum Gasteiger partial charge on any atom is 0.238 e. The minimum absolute atomic E-state index is 0.0360. The highest BCUT2D eigenvalue weighted by Crippen LogP contribution is 2.38. The lowest BCUT2D eigenvalue weighted by Gasteiger charge is -2.04. The molecule has 0 unspecified atom stereocenters. The van der Waals surface area contributed by atoms with Crippen LogP contribution in [0, 0.1) is 5.82 Å². The number of nitrogens with one attached hydrogen (secondary N) is 1. The predicted octanol–water partition coefficient (Wildman–Crippen LogP) is 3.15. The topological polar surface area (TPSA) is 122 Å². The number of aryl methyl sites for hydroxylation is 1. The van der Waals surface area contributed by atoms with Gasteiger partial charge in [0.1, 0.15) is 5.82 Å². The predicted molar refractivity (Wildman–Crippen MR) is 103 cm³/mol. The lowest BCUT2D eigenvalue weighted by molar-refractivity contribution is 0.435. The van der Waals surface area contributed by atoms with Crippen molar-refractivity contribution < 1.29 is 17.9 Å². The Kier molecular flexibility index (Phi) is 4.91. The van der Waals surface area contributed by atoms with Gasteiger partial charge in [0.2, 0.25) is 21.0 Å². The molecule has 0 saturated heterocycles. The number of benzene rings is 2. The second kappa shape index (κ2) is 7.02. The number of nitrogens with two attached hydrogens (primary N) is 1. The molecule has 1 heterocycles. The number of thiocarbonyl (C=S) groups is 1. The monoisotopic (exact) mass is 407 g/mol. The molecule has 2 aromatic carbocycles. The lowest BCUT2D eigenvalue weighted by Crippen LogP contribution is -2.12. The summed E-state index contributed by atoms with van der Waals surface area (Å²) in [5, 5.41) is 26.0. The molecular formula is C16H14FN5O3S2. The molecule has 3 rings (SSSR count). The highest BCUT2D eigenvalue weighted by molar-refractivity contribution is 7.89. The van der Waals surface area contributed by atoms with E-state index < -0.39 is 15.8 Å². The van der Waals surface area contributed by atoms with Crippen LogP contribution in [0.4, 0.5) is 15.8 Å². The first-order valence-electron chi connectivity index (χ1n) is 7.50. The van der Waals surface area contributed by atoms with Crippen LogP contribution in [0.25, 0.3) is 10.9 Å². The largest absolute Gasteiger partial charge is 0.493 e. The Balaban J connectivity index is 1.83. The molecule has 0 amide bonds. The average molecular weight is 407 g/mol. The number of halogens is 1. The van der Waals surface area contributed by atoms with Crippen LogP contribution >= 0.6 is 12.2 Å². The quantitative estimate of drug-likeness (QED) is 0.455. The van der Waals surface area contributed by atoms with Gasteiger partial charge in [-0.05, 0) is 42.5 Å². The summed E-state index contributed by atoms with van der Waals surface area (Å²) in [7, 11) is -2.28. The molecule has 0 saturated carbocycles. The molecule has 4 N–H and O–H groups in total. The number of para-hydroxylation sites is 1. The molecule has 27 heavy (non-hydrogen) atoms. The van der Waals surface area contributed by atoms with Crippen LogP contribution < -0.4 is 10.5 Å². The van der Waals surface area contributed by atoms with Crippen molar-refractivity contribution in [3.8, 4) is 5.88 Å². The fourth-order valence-electron chi connectivity index (χ4n) is 2.50. The van der Waals surface area contributed by atoms with Crippen molar-refractivity contribution >= 4 is 49.6 Å². The van der Waals surface area contributed by atoms with Crippen LogP contribution in [-0.2, 0) is 17.1 Å². The van der Waals surface area contributed by atoms with Crippen molar-refractivity contribution in [2.24, 2.45) is 22.4 Å². The van der Waals surface area contributed by atoms with E-state index in [1.54, 1.807) is 6.07 Å². The Morgan fingerprint density at radius 2 is 1.93 bits per heavy atom. The molecule has 0 aliphatic heterocycles. The van der Waals surface area contributed by atoms with Gasteiger partial charge in [-0.1, -0.05) is 12.1 Å². The number of aromatic nitrogens is 1. The summed E-state index contributed by atoms with van der Waals surface area (Å²) in [6, 6.07) is 9.95. The summed E-state index contributed by atoms with van der Waals surface area (Å²) in [5.41, 5.74) is 0.752. The highest BCUT2D eigenvalue weighted by Gasteiger charge is 2.17. The first kappa shape index (κ1) is 18.9. The van der Waals surface area contributed by atoms with Gasteiger partial charge in [0.25, 0.3) is 0 Å². The SMILES string of the molecule is Cn1c(O)c(N=NC(=S)Nc2ccc(S(N)(=O)=O)cc2)c2cccc(F)c21. The van der Waals surface area contributed by atoms with E-state index in [0.29, 0.717) is 11.1 Å². The molecule has 0 aliphatic rings. The normalized spacial score (nSPS) is 12.0. The van der Waals surface area contributed by atoms with Gasteiger partial charge in [0.05, 0.1) is 10.4 Å². The highest BCUT2D eigenvalue weighted by atomic mass is 32.2. The Morgan fingerprint density at radius 1 is 1.26 bits per heavy atom. The summed E-state index contributed by atoms with van der Waals surface area (Å²) in [5.74, 6) is -0.749. The van der Waals surface area contributed by atoms with Crippen molar-refractivity contribution in [1.82, 2.24) is 4.57 Å². The zero-order valence-electron chi connectivity index (χ0n) is 13.9. The number of nitrogens with zero attached hydrogens (tertiary/aromatic N) is 3. The van der Waals surface area contributed by atoms with Crippen LogP contribution in [0.5, 0.6) is 5.88 Å². The number of rotatable bonds is 3. The number of anilines is 1. The Hall–Kier alpha value is -2.89. The van der Waals surface area contributed by atoms with Gasteiger partial charge in [-0.2, -0.15) is 0 Å². The molecule has 1 aromatic heterocycles. The van der Waals surface area contributed by atoms with E-state index >= 15 is 0 Å². The Bertz CT molecular complexity index is 1170. The number of hydrogen-bond acceptors (Lipinski definition) is 5. The number of sulfonamides is 1. The molecule has 140 valence electrons. The van der Waals surface area contributed by atoms with E-state index in [9.17, 15) is 17.9 Å². The number of fused-ring (bicyclic) bond motifs is 1. The van der Waals surface area contributed by atoms with E-state index in [1.165, 1.54) is 48.0 Å². The standard InChI is InChI=1S/C16H14FN5O3S2/c1-22-14-11(3-2-4-12(14)17)13(15(22)23)20-21-16(26)19-9-5-7-10(8-6-9)27(18,24)25/h2-8,23H,1H3,(H,19,26)(H2,18,24,25). The second-order valence-corrected chi connectivity index (χ2v) is 7.51. The molecule has 0 atom stereocenters. The molecule has 11 heteroatoms. The molecule has 0 fully saturated rings. The maximum atomic E-state index is 13.9. The molecule has 0 aliphatic carbocycles. The van der Waals surface area contributed by atoms with Gasteiger partial charge in [-0.15, -0.1) is 10.2 Å². The zero-order chi connectivity index (χ0) is 19.8. The van der Waals surface area contributed by atoms with E-state index in [0.717, 1.165) is 0 Å². The van der Waals surface area contributed by atoms with Gasteiger partial charge < -0.3 is 15.0 Å². The number of aromatic hydroxyl groups is 1. The van der Waals surface area contributed by atoms with Crippen LogP contribution in [0.3, 0.4) is 0 Å². The van der Waals surface area contributed by atoms with E-state index in [2.05, 4.69) is 15.5 Å². The third-order valence-corrected chi connectivity index (χ3v) is 4.89. The number of hydrogen-bond donors (Lipinski definition) is 3. The van der Waals surface area contributed by atoms with Crippen molar-refractivity contribution in [1.29, 1.82) is 0 Å². The third-order valence-electron chi connectivity index (χ3n) is 3.78. The van der Waals surface area contributed by atoms with Crippen molar-refractivity contribution in [3.63, 3.8) is 0 Å². The third kappa shape index (κ3) is 3.79. The second-order valence-electron chi connectivity index (χ2n) is 5.57. The van der Waals surface area contributed by atoms with Crippen LogP contribution in [0.2, 0.25) is 0 Å². The van der Waals surface area contributed by atoms with Crippen molar-refractivity contribution in [2.45, 2.75) is 4.90 Å². The lowest BCUT2D eigenvalue weighted by atomic mass is 10.2. The van der Waals surface area contributed by atoms with E-state index in [4.69, 9.17) is 17.4 Å². The minimum atomic E-state index is -3.78. The summed E-state index contributed by atoms with van der Waals surface area (Å²) >= 11 is 5.06. The van der Waals surface area contributed by atoms with Crippen molar-refractivity contribution in [3.05, 3.63) is 48.3 Å². The summed E-state index contributed by atoms with van der Waals surface area (Å²) in [4.78, 5) is -0.0386. The van der Waals surface area contributed by atoms with Gasteiger partial charge in [-0.3, -0.25) is 0 Å². The fourth-order valence-corrected chi connectivity index (χ4v) is 3.18. The first-order valence-corrected chi connectivity index (χ1v) is 9.45. The van der Waals surface area contributed by atoms with Gasteiger partial charge >= 0.3 is 0 Å². The fraction of sp³-hybridized carbons (Fsp3) is 0.0625. The van der Waals surface area contributed by atoms with Crippen LogP contribution in [0.15, 0.2) is 57.6 Å². The smallest absolute Gasteiger partial charge is 0.238 e.